The molecule has 102 valence electrons. The molecule has 1 heterocycles. The van der Waals surface area contributed by atoms with Crippen molar-refractivity contribution in [1.82, 2.24) is 20.3 Å². The maximum absolute atomic E-state index is 4.03. The van der Waals surface area contributed by atoms with E-state index in [9.17, 15) is 0 Å². The molecule has 4 heteroatoms. The molecule has 0 spiro atoms. The third-order valence-corrected chi connectivity index (χ3v) is 3.56. The number of fused-ring (bicyclic) bond motifs is 1. The van der Waals surface area contributed by atoms with Gasteiger partial charge in [-0.05, 0) is 28.9 Å². The van der Waals surface area contributed by atoms with Crippen LogP contribution in [0.15, 0.2) is 48.7 Å². The zero-order chi connectivity index (χ0) is 13.9. The van der Waals surface area contributed by atoms with Crippen molar-refractivity contribution in [3.63, 3.8) is 0 Å². The van der Waals surface area contributed by atoms with Crippen LogP contribution in [0.1, 0.15) is 24.2 Å². The zero-order valence-electron chi connectivity index (χ0n) is 11.7. The van der Waals surface area contributed by atoms with Crippen LogP contribution in [0.3, 0.4) is 0 Å². The molecule has 20 heavy (non-hydrogen) atoms. The van der Waals surface area contributed by atoms with E-state index in [-0.39, 0.29) is 6.04 Å². The Bertz CT molecular complexity index is 717. The van der Waals surface area contributed by atoms with Crippen LogP contribution in [0.4, 0.5) is 0 Å². The van der Waals surface area contributed by atoms with Crippen LogP contribution in [0.5, 0.6) is 0 Å². The molecule has 0 aliphatic rings. The molecule has 1 atom stereocenters. The molecule has 0 bridgehead atoms. The van der Waals surface area contributed by atoms with Gasteiger partial charge in [0.15, 0.2) is 0 Å². The second-order valence-electron chi connectivity index (χ2n) is 4.88. The Hall–Kier alpha value is -2.20. The van der Waals surface area contributed by atoms with E-state index in [0.717, 1.165) is 12.2 Å². The van der Waals surface area contributed by atoms with Gasteiger partial charge in [-0.15, -0.1) is 5.10 Å². The molecule has 4 nitrogen and oxygen atoms in total. The lowest BCUT2D eigenvalue weighted by Crippen LogP contribution is -2.24. The number of rotatable bonds is 4. The average Bonchev–Trinajstić information content (AvgIpc) is 2.90. The number of aryl methyl sites for hydroxylation is 1. The SMILES string of the molecule is CCNC(c1ccc2ccccc2c1)c1cnnn1C. The number of hydrogen-bond acceptors (Lipinski definition) is 3. The Kier molecular flexibility index (Phi) is 3.48. The monoisotopic (exact) mass is 266 g/mol. The van der Waals surface area contributed by atoms with Crippen LogP contribution < -0.4 is 5.32 Å². The van der Waals surface area contributed by atoms with Crippen LogP contribution in [-0.4, -0.2) is 21.5 Å². The Labute approximate surface area is 118 Å². The topological polar surface area (TPSA) is 42.7 Å². The van der Waals surface area contributed by atoms with Gasteiger partial charge in [-0.1, -0.05) is 48.5 Å². The van der Waals surface area contributed by atoms with Gasteiger partial charge >= 0.3 is 0 Å². The van der Waals surface area contributed by atoms with Gasteiger partial charge < -0.3 is 5.32 Å². The molecule has 0 fully saturated rings. The summed E-state index contributed by atoms with van der Waals surface area (Å²) in [6, 6.07) is 15.1. The summed E-state index contributed by atoms with van der Waals surface area (Å²) in [4.78, 5) is 0. The van der Waals surface area contributed by atoms with Gasteiger partial charge in [-0.3, -0.25) is 4.68 Å². The number of nitrogens with one attached hydrogen (secondary N) is 1. The summed E-state index contributed by atoms with van der Waals surface area (Å²) in [5, 5.41) is 14.0. The largest absolute Gasteiger partial charge is 0.305 e. The summed E-state index contributed by atoms with van der Waals surface area (Å²) in [5.74, 6) is 0. The summed E-state index contributed by atoms with van der Waals surface area (Å²) in [6.07, 6.45) is 1.82. The van der Waals surface area contributed by atoms with Gasteiger partial charge in [0.2, 0.25) is 0 Å². The maximum Gasteiger partial charge on any atom is 0.0798 e. The van der Waals surface area contributed by atoms with Crippen molar-refractivity contribution in [3.8, 4) is 0 Å². The first kappa shape index (κ1) is 12.8. The van der Waals surface area contributed by atoms with Gasteiger partial charge in [0.25, 0.3) is 0 Å². The molecule has 0 radical (unpaired) electrons. The highest BCUT2D eigenvalue weighted by atomic mass is 15.4. The van der Waals surface area contributed by atoms with E-state index in [2.05, 4.69) is 65.0 Å². The Morgan fingerprint density at radius 3 is 2.65 bits per heavy atom. The normalized spacial score (nSPS) is 12.7. The number of aromatic nitrogens is 3. The lowest BCUT2D eigenvalue weighted by Gasteiger charge is -2.18. The van der Waals surface area contributed by atoms with E-state index in [4.69, 9.17) is 0 Å². The standard InChI is InChI=1S/C16H18N4/c1-3-17-16(15-11-18-19-20(15)2)14-9-8-12-6-4-5-7-13(12)10-14/h4-11,16-17H,3H2,1-2H3. The Morgan fingerprint density at radius 1 is 1.15 bits per heavy atom. The average molecular weight is 266 g/mol. The Morgan fingerprint density at radius 2 is 1.95 bits per heavy atom. The van der Waals surface area contributed by atoms with E-state index < -0.39 is 0 Å². The first-order valence-electron chi connectivity index (χ1n) is 6.86. The predicted molar refractivity (Wildman–Crippen MR) is 80.5 cm³/mol. The Balaban J connectivity index is 2.07. The van der Waals surface area contributed by atoms with Crippen LogP contribution in [-0.2, 0) is 7.05 Å². The summed E-state index contributed by atoms with van der Waals surface area (Å²) < 4.78 is 1.82. The highest BCUT2D eigenvalue weighted by Crippen LogP contribution is 2.24. The lowest BCUT2D eigenvalue weighted by atomic mass is 10.00. The van der Waals surface area contributed by atoms with Crippen molar-refractivity contribution < 1.29 is 0 Å². The second-order valence-corrected chi connectivity index (χ2v) is 4.88. The number of hydrogen-bond donors (Lipinski definition) is 1. The first-order valence-corrected chi connectivity index (χ1v) is 6.86. The van der Waals surface area contributed by atoms with Crippen molar-refractivity contribution in [1.29, 1.82) is 0 Å². The van der Waals surface area contributed by atoms with E-state index in [0.29, 0.717) is 0 Å². The van der Waals surface area contributed by atoms with E-state index in [1.54, 1.807) is 0 Å². The quantitative estimate of drug-likeness (QED) is 0.789. The van der Waals surface area contributed by atoms with Crippen LogP contribution in [0, 0.1) is 0 Å². The molecule has 2 aromatic carbocycles. The fourth-order valence-electron chi connectivity index (χ4n) is 2.54. The van der Waals surface area contributed by atoms with Crippen molar-refractivity contribution in [2.45, 2.75) is 13.0 Å². The molecule has 0 saturated carbocycles. The summed E-state index contributed by atoms with van der Waals surface area (Å²) in [5.41, 5.74) is 2.30. The molecule has 0 saturated heterocycles. The molecule has 1 N–H and O–H groups in total. The molecule has 0 amide bonds. The smallest absolute Gasteiger partial charge is 0.0798 e. The minimum Gasteiger partial charge on any atom is -0.305 e. The minimum absolute atomic E-state index is 0.115. The van der Waals surface area contributed by atoms with E-state index >= 15 is 0 Å². The molecular formula is C16H18N4. The molecule has 0 aliphatic heterocycles. The summed E-state index contributed by atoms with van der Waals surface area (Å²) in [7, 11) is 1.92. The zero-order valence-corrected chi connectivity index (χ0v) is 11.7. The maximum atomic E-state index is 4.03. The minimum atomic E-state index is 0.115. The highest BCUT2D eigenvalue weighted by Gasteiger charge is 2.17. The molecule has 3 aromatic rings. The third kappa shape index (κ3) is 2.30. The molecule has 1 aromatic heterocycles. The molecule has 0 aliphatic carbocycles. The molecule has 3 rings (SSSR count). The van der Waals surface area contributed by atoms with Crippen LogP contribution >= 0.6 is 0 Å². The van der Waals surface area contributed by atoms with Gasteiger partial charge in [-0.25, -0.2) is 0 Å². The van der Waals surface area contributed by atoms with Gasteiger partial charge in [-0.2, -0.15) is 0 Å². The lowest BCUT2D eigenvalue weighted by molar-refractivity contribution is 0.568. The van der Waals surface area contributed by atoms with Crippen molar-refractivity contribution >= 4 is 10.8 Å². The van der Waals surface area contributed by atoms with Crippen molar-refractivity contribution in [3.05, 3.63) is 59.9 Å². The third-order valence-electron chi connectivity index (χ3n) is 3.56. The van der Waals surface area contributed by atoms with E-state index in [1.807, 2.05) is 17.9 Å². The fraction of sp³-hybridized carbons (Fsp3) is 0.250. The molecule has 1 unspecified atom stereocenters. The van der Waals surface area contributed by atoms with Crippen molar-refractivity contribution in [2.75, 3.05) is 6.54 Å². The fourth-order valence-corrected chi connectivity index (χ4v) is 2.54. The van der Waals surface area contributed by atoms with Gasteiger partial charge in [0.1, 0.15) is 0 Å². The van der Waals surface area contributed by atoms with Crippen LogP contribution in [0.2, 0.25) is 0 Å². The van der Waals surface area contributed by atoms with Crippen LogP contribution in [0.25, 0.3) is 10.8 Å². The summed E-state index contributed by atoms with van der Waals surface area (Å²) >= 11 is 0. The van der Waals surface area contributed by atoms with Gasteiger partial charge in [0.05, 0.1) is 17.9 Å². The van der Waals surface area contributed by atoms with Gasteiger partial charge in [0, 0.05) is 7.05 Å². The number of benzene rings is 2. The van der Waals surface area contributed by atoms with E-state index in [1.165, 1.54) is 16.3 Å². The summed E-state index contributed by atoms with van der Waals surface area (Å²) in [6.45, 7) is 3.00. The highest BCUT2D eigenvalue weighted by molar-refractivity contribution is 5.83. The predicted octanol–water partition coefficient (Wildman–Crippen LogP) is 2.67. The van der Waals surface area contributed by atoms with Crippen molar-refractivity contribution in [2.24, 2.45) is 7.05 Å². The second kappa shape index (κ2) is 5.43. The first-order chi connectivity index (χ1) is 9.79. The number of nitrogens with zero attached hydrogens (tertiary/aromatic N) is 3. The molecular weight excluding hydrogens is 248 g/mol.